The van der Waals surface area contributed by atoms with E-state index in [9.17, 15) is 0 Å². The molecule has 0 spiro atoms. The van der Waals surface area contributed by atoms with Gasteiger partial charge in [-0.25, -0.2) is 0 Å². The van der Waals surface area contributed by atoms with Crippen LogP contribution in [0.2, 0.25) is 0 Å². The monoisotopic (exact) mass is 280 g/mol. The summed E-state index contributed by atoms with van der Waals surface area (Å²) in [6, 6.07) is 22.5. The van der Waals surface area contributed by atoms with E-state index in [1.54, 1.807) is 0 Å². The average Bonchev–Trinajstić information content (AvgIpc) is 2.57. The minimum Gasteiger partial charge on any atom is -0.316 e. The van der Waals surface area contributed by atoms with Crippen LogP contribution in [0, 0.1) is 0 Å². The Labute approximate surface area is 127 Å². The van der Waals surface area contributed by atoms with Gasteiger partial charge in [-0.3, -0.25) is 0 Å². The summed E-state index contributed by atoms with van der Waals surface area (Å²) >= 11 is 0. The number of benzene rings is 2. The molecule has 0 bridgehead atoms. The van der Waals surface area contributed by atoms with E-state index in [4.69, 9.17) is 0 Å². The molecule has 3 atom stereocenters. The maximum atomic E-state index is 3.84. The Kier molecular flexibility index (Phi) is 4.69. The molecule has 1 aliphatic rings. The molecule has 2 heteroatoms. The molecule has 1 fully saturated rings. The quantitative estimate of drug-likeness (QED) is 0.896. The van der Waals surface area contributed by atoms with Crippen molar-refractivity contribution in [3.05, 3.63) is 71.8 Å². The zero-order chi connectivity index (χ0) is 14.5. The fraction of sp³-hybridized carbons (Fsp3) is 0.368. The Balaban J connectivity index is 1.73. The first-order valence-electron chi connectivity index (χ1n) is 7.91. The first-order valence-corrected chi connectivity index (χ1v) is 7.91. The highest BCUT2D eigenvalue weighted by Crippen LogP contribution is 2.26. The fourth-order valence-corrected chi connectivity index (χ4v) is 3.27. The SMILES string of the molecule is CC(N[C@@H]1CCNC[C@H]1c1ccccc1)c1ccccc1. The molecule has 1 aliphatic heterocycles. The van der Waals surface area contributed by atoms with Gasteiger partial charge in [-0.1, -0.05) is 60.7 Å². The second kappa shape index (κ2) is 6.88. The summed E-state index contributed by atoms with van der Waals surface area (Å²) in [5.41, 5.74) is 2.80. The third kappa shape index (κ3) is 3.52. The van der Waals surface area contributed by atoms with Crippen LogP contribution in [0.1, 0.15) is 36.4 Å². The summed E-state index contributed by atoms with van der Waals surface area (Å²) in [6.07, 6.45) is 1.18. The van der Waals surface area contributed by atoms with E-state index in [1.165, 1.54) is 17.5 Å². The molecule has 2 aromatic carbocycles. The number of piperidine rings is 1. The second-order valence-corrected chi connectivity index (χ2v) is 5.92. The van der Waals surface area contributed by atoms with Crippen molar-refractivity contribution in [1.82, 2.24) is 10.6 Å². The van der Waals surface area contributed by atoms with E-state index in [1.807, 2.05) is 0 Å². The van der Waals surface area contributed by atoms with Crippen LogP contribution in [0.4, 0.5) is 0 Å². The van der Waals surface area contributed by atoms with Crippen molar-refractivity contribution in [3.63, 3.8) is 0 Å². The van der Waals surface area contributed by atoms with Gasteiger partial charge in [-0.15, -0.1) is 0 Å². The van der Waals surface area contributed by atoms with Gasteiger partial charge in [0.05, 0.1) is 0 Å². The van der Waals surface area contributed by atoms with Gasteiger partial charge < -0.3 is 10.6 Å². The lowest BCUT2D eigenvalue weighted by molar-refractivity contribution is 0.319. The smallest absolute Gasteiger partial charge is 0.0294 e. The van der Waals surface area contributed by atoms with Crippen LogP contribution in [0.3, 0.4) is 0 Å². The average molecular weight is 280 g/mol. The zero-order valence-corrected chi connectivity index (χ0v) is 12.6. The minimum absolute atomic E-state index is 0.389. The van der Waals surface area contributed by atoms with Crippen molar-refractivity contribution in [2.45, 2.75) is 31.3 Å². The predicted octanol–water partition coefficient (Wildman–Crippen LogP) is 3.48. The van der Waals surface area contributed by atoms with Crippen LogP contribution >= 0.6 is 0 Å². The second-order valence-electron chi connectivity index (χ2n) is 5.92. The third-order valence-electron chi connectivity index (χ3n) is 4.47. The molecule has 2 aromatic rings. The lowest BCUT2D eigenvalue weighted by atomic mass is 9.86. The Hall–Kier alpha value is -1.64. The highest BCUT2D eigenvalue weighted by atomic mass is 15.0. The van der Waals surface area contributed by atoms with E-state index in [-0.39, 0.29) is 0 Å². The summed E-state index contributed by atoms with van der Waals surface area (Å²) < 4.78 is 0. The van der Waals surface area contributed by atoms with Crippen molar-refractivity contribution in [1.29, 1.82) is 0 Å². The molecule has 1 heterocycles. The molecule has 0 aromatic heterocycles. The Morgan fingerprint density at radius 3 is 2.38 bits per heavy atom. The molecule has 110 valence electrons. The molecule has 2 nitrogen and oxygen atoms in total. The van der Waals surface area contributed by atoms with E-state index in [2.05, 4.69) is 78.2 Å². The zero-order valence-electron chi connectivity index (χ0n) is 12.6. The normalized spacial score (nSPS) is 23.7. The van der Waals surface area contributed by atoms with Crippen LogP contribution in [0.15, 0.2) is 60.7 Å². The van der Waals surface area contributed by atoms with Crippen LogP contribution in [0.5, 0.6) is 0 Å². The Bertz CT molecular complexity index is 538. The van der Waals surface area contributed by atoms with E-state index >= 15 is 0 Å². The molecule has 0 saturated carbocycles. The van der Waals surface area contributed by atoms with Gasteiger partial charge in [0.25, 0.3) is 0 Å². The van der Waals surface area contributed by atoms with Crippen molar-refractivity contribution in [2.75, 3.05) is 13.1 Å². The summed E-state index contributed by atoms with van der Waals surface area (Å²) in [7, 11) is 0. The van der Waals surface area contributed by atoms with Crippen LogP contribution in [-0.4, -0.2) is 19.1 Å². The van der Waals surface area contributed by atoms with E-state index < -0.39 is 0 Å². The highest BCUT2D eigenvalue weighted by molar-refractivity contribution is 5.24. The van der Waals surface area contributed by atoms with Gasteiger partial charge in [-0.2, -0.15) is 0 Å². The first kappa shape index (κ1) is 14.3. The van der Waals surface area contributed by atoms with Gasteiger partial charge in [0, 0.05) is 24.5 Å². The number of rotatable bonds is 4. The lowest BCUT2D eigenvalue weighted by Gasteiger charge is -2.35. The molecule has 0 amide bonds. The molecule has 0 radical (unpaired) electrons. The van der Waals surface area contributed by atoms with Crippen molar-refractivity contribution in [3.8, 4) is 0 Å². The van der Waals surface area contributed by atoms with E-state index in [0.717, 1.165) is 13.1 Å². The molecular weight excluding hydrogens is 256 g/mol. The fourth-order valence-electron chi connectivity index (χ4n) is 3.27. The number of nitrogens with one attached hydrogen (secondary N) is 2. The molecular formula is C19H24N2. The van der Waals surface area contributed by atoms with Gasteiger partial charge in [-0.05, 0) is 31.0 Å². The molecule has 2 N–H and O–H groups in total. The summed E-state index contributed by atoms with van der Waals surface area (Å²) in [5.74, 6) is 0.547. The summed E-state index contributed by atoms with van der Waals surface area (Å²) in [5, 5.41) is 7.38. The number of hydrogen-bond donors (Lipinski definition) is 2. The lowest BCUT2D eigenvalue weighted by Crippen LogP contribution is -2.46. The Morgan fingerprint density at radius 1 is 1.00 bits per heavy atom. The topological polar surface area (TPSA) is 24.1 Å². The highest BCUT2D eigenvalue weighted by Gasteiger charge is 2.27. The largest absolute Gasteiger partial charge is 0.316 e. The van der Waals surface area contributed by atoms with Crippen LogP contribution in [-0.2, 0) is 0 Å². The van der Waals surface area contributed by atoms with Gasteiger partial charge in [0.15, 0.2) is 0 Å². The molecule has 21 heavy (non-hydrogen) atoms. The number of hydrogen-bond acceptors (Lipinski definition) is 2. The molecule has 3 rings (SSSR count). The maximum absolute atomic E-state index is 3.84. The Morgan fingerprint density at radius 2 is 1.67 bits per heavy atom. The third-order valence-corrected chi connectivity index (χ3v) is 4.47. The maximum Gasteiger partial charge on any atom is 0.0294 e. The predicted molar refractivity (Wildman–Crippen MR) is 88.5 cm³/mol. The van der Waals surface area contributed by atoms with Crippen molar-refractivity contribution in [2.24, 2.45) is 0 Å². The van der Waals surface area contributed by atoms with Gasteiger partial charge in [0.1, 0.15) is 0 Å². The standard InChI is InChI=1S/C19H24N2/c1-15(16-8-4-2-5-9-16)21-19-12-13-20-14-18(19)17-10-6-3-7-11-17/h2-11,15,18-21H,12-14H2,1H3/t15?,18-,19+/m0/s1. The van der Waals surface area contributed by atoms with Gasteiger partial charge in [0.2, 0.25) is 0 Å². The molecule has 1 saturated heterocycles. The van der Waals surface area contributed by atoms with Gasteiger partial charge >= 0.3 is 0 Å². The van der Waals surface area contributed by atoms with Crippen LogP contribution < -0.4 is 10.6 Å². The molecule has 0 aliphatic carbocycles. The summed E-state index contributed by atoms with van der Waals surface area (Å²) in [4.78, 5) is 0. The summed E-state index contributed by atoms with van der Waals surface area (Å²) in [6.45, 7) is 4.42. The van der Waals surface area contributed by atoms with E-state index in [0.29, 0.717) is 18.0 Å². The minimum atomic E-state index is 0.389. The van der Waals surface area contributed by atoms with Crippen molar-refractivity contribution < 1.29 is 0 Å². The van der Waals surface area contributed by atoms with Crippen LogP contribution in [0.25, 0.3) is 0 Å². The molecule has 1 unspecified atom stereocenters. The first-order chi connectivity index (χ1) is 10.3. The van der Waals surface area contributed by atoms with Crippen molar-refractivity contribution >= 4 is 0 Å².